The predicted molar refractivity (Wildman–Crippen MR) is 65.3 cm³/mol. The van der Waals surface area contributed by atoms with E-state index in [-0.39, 0.29) is 0 Å². The minimum Gasteiger partial charge on any atom is -0.493 e. The molecule has 0 aliphatic heterocycles. The Morgan fingerprint density at radius 3 is 2.94 bits per heavy atom. The van der Waals surface area contributed by atoms with E-state index in [1.165, 1.54) is 0 Å². The van der Waals surface area contributed by atoms with Crippen molar-refractivity contribution in [2.24, 2.45) is 7.05 Å². The van der Waals surface area contributed by atoms with Gasteiger partial charge in [-0.1, -0.05) is 0 Å². The highest BCUT2D eigenvalue weighted by Crippen LogP contribution is 2.27. The number of aryl methyl sites for hydroxylation is 2. The van der Waals surface area contributed by atoms with E-state index in [4.69, 9.17) is 4.74 Å². The molecule has 92 valence electrons. The first-order valence-corrected chi connectivity index (χ1v) is 6.14. The third kappa shape index (κ3) is 2.48. The zero-order valence-electron chi connectivity index (χ0n) is 10.0. The number of hydrogen-bond acceptors (Lipinski definition) is 5. The van der Waals surface area contributed by atoms with E-state index >= 15 is 0 Å². The molecule has 0 bridgehead atoms. The monoisotopic (exact) mass is 253 g/mol. The Morgan fingerprint density at radius 1 is 1.59 bits per heavy atom. The lowest BCUT2D eigenvalue weighted by atomic mass is 10.2. The molecule has 0 aliphatic rings. The van der Waals surface area contributed by atoms with E-state index in [0.29, 0.717) is 17.9 Å². The van der Waals surface area contributed by atoms with E-state index in [2.05, 4.69) is 10.1 Å². The van der Waals surface area contributed by atoms with Crippen molar-refractivity contribution in [1.82, 2.24) is 14.8 Å². The topological polar surface area (TPSA) is 60.2 Å². The summed E-state index contributed by atoms with van der Waals surface area (Å²) in [5.41, 5.74) is 1.66. The molecule has 0 aromatic carbocycles. The molecule has 1 atom stereocenters. The molecule has 0 spiro atoms. The molecule has 2 aromatic heterocycles. The quantitative estimate of drug-likeness (QED) is 0.896. The number of ether oxygens (including phenoxy) is 1. The number of hydrogen-bond donors (Lipinski definition) is 1. The number of rotatable bonds is 4. The predicted octanol–water partition coefficient (Wildman–Crippen LogP) is 1.47. The molecule has 2 aromatic rings. The highest BCUT2D eigenvalue weighted by molar-refractivity contribution is 7.09. The van der Waals surface area contributed by atoms with Crippen molar-refractivity contribution < 1.29 is 9.84 Å². The number of thiazole rings is 1. The van der Waals surface area contributed by atoms with Gasteiger partial charge in [-0.25, -0.2) is 4.98 Å². The Labute approximate surface area is 104 Å². The highest BCUT2D eigenvalue weighted by atomic mass is 32.1. The first-order chi connectivity index (χ1) is 8.11. The minimum absolute atomic E-state index is 0.481. The van der Waals surface area contributed by atoms with Crippen LogP contribution in [-0.4, -0.2) is 27.0 Å². The fourth-order valence-corrected chi connectivity index (χ4v) is 2.53. The normalized spacial score (nSPS) is 12.7. The van der Waals surface area contributed by atoms with Crippen LogP contribution in [0.25, 0.3) is 0 Å². The lowest BCUT2D eigenvalue weighted by molar-refractivity contribution is 0.164. The lowest BCUT2D eigenvalue weighted by Crippen LogP contribution is -2.09. The second kappa shape index (κ2) is 4.85. The van der Waals surface area contributed by atoms with Crippen LogP contribution in [-0.2, 0) is 13.5 Å². The summed E-state index contributed by atoms with van der Waals surface area (Å²) in [5, 5.41) is 17.2. The van der Waals surface area contributed by atoms with Gasteiger partial charge in [-0.2, -0.15) is 5.10 Å². The highest BCUT2D eigenvalue weighted by Gasteiger charge is 2.19. The van der Waals surface area contributed by atoms with Crippen molar-refractivity contribution in [2.75, 3.05) is 7.11 Å². The fraction of sp³-hybridized carbons (Fsp3) is 0.455. The Balaban J connectivity index is 2.19. The SMILES string of the molecule is COc1cnn(C)c1C(O)Cc1nc(C)cs1. The van der Waals surface area contributed by atoms with Crippen LogP contribution < -0.4 is 4.74 Å². The van der Waals surface area contributed by atoms with Gasteiger partial charge in [-0.3, -0.25) is 4.68 Å². The van der Waals surface area contributed by atoms with Gasteiger partial charge in [0.2, 0.25) is 0 Å². The summed E-state index contributed by atoms with van der Waals surface area (Å²) in [5.74, 6) is 0.605. The third-order valence-electron chi connectivity index (χ3n) is 2.52. The zero-order valence-corrected chi connectivity index (χ0v) is 10.9. The first kappa shape index (κ1) is 12.1. The van der Waals surface area contributed by atoms with E-state index in [9.17, 15) is 5.11 Å². The molecular weight excluding hydrogens is 238 g/mol. The molecule has 2 rings (SSSR count). The number of aromatic nitrogens is 3. The van der Waals surface area contributed by atoms with Gasteiger partial charge in [0, 0.05) is 24.5 Å². The lowest BCUT2D eigenvalue weighted by Gasteiger charge is -2.11. The van der Waals surface area contributed by atoms with Crippen LogP contribution in [0.4, 0.5) is 0 Å². The summed E-state index contributed by atoms with van der Waals surface area (Å²) in [6.07, 6.45) is 1.43. The summed E-state index contributed by atoms with van der Waals surface area (Å²) >= 11 is 1.55. The van der Waals surface area contributed by atoms with Gasteiger partial charge in [0.1, 0.15) is 11.8 Å². The van der Waals surface area contributed by atoms with Gasteiger partial charge in [0.15, 0.2) is 5.75 Å². The smallest absolute Gasteiger partial charge is 0.162 e. The van der Waals surface area contributed by atoms with Crippen molar-refractivity contribution in [3.8, 4) is 5.75 Å². The van der Waals surface area contributed by atoms with Gasteiger partial charge < -0.3 is 9.84 Å². The van der Waals surface area contributed by atoms with E-state index < -0.39 is 6.10 Å². The van der Waals surface area contributed by atoms with Crippen LogP contribution in [0.3, 0.4) is 0 Å². The van der Waals surface area contributed by atoms with E-state index in [1.54, 1.807) is 36.4 Å². The first-order valence-electron chi connectivity index (χ1n) is 5.26. The van der Waals surface area contributed by atoms with E-state index in [0.717, 1.165) is 10.7 Å². The van der Waals surface area contributed by atoms with Crippen molar-refractivity contribution in [3.05, 3.63) is 28.0 Å². The Kier molecular flexibility index (Phi) is 3.44. The van der Waals surface area contributed by atoms with Gasteiger partial charge >= 0.3 is 0 Å². The maximum atomic E-state index is 10.2. The third-order valence-corrected chi connectivity index (χ3v) is 3.51. The Morgan fingerprint density at radius 2 is 2.35 bits per heavy atom. The molecule has 0 amide bonds. The van der Waals surface area contributed by atoms with Crippen LogP contribution in [0.2, 0.25) is 0 Å². The van der Waals surface area contributed by atoms with Crippen molar-refractivity contribution in [3.63, 3.8) is 0 Å². The summed E-state index contributed by atoms with van der Waals surface area (Å²) in [6, 6.07) is 0. The average molecular weight is 253 g/mol. The maximum absolute atomic E-state index is 10.2. The molecule has 1 N–H and O–H groups in total. The van der Waals surface area contributed by atoms with Crippen LogP contribution in [0.15, 0.2) is 11.6 Å². The molecule has 0 saturated heterocycles. The summed E-state index contributed by atoms with van der Waals surface area (Å²) in [4.78, 5) is 4.33. The van der Waals surface area contributed by atoms with Crippen molar-refractivity contribution >= 4 is 11.3 Å². The molecule has 2 heterocycles. The van der Waals surface area contributed by atoms with Crippen molar-refractivity contribution in [2.45, 2.75) is 19.4 Å². The number of aliphatic hydroxyl groups is 1. The van der Waals surface area contributed by atoms with Gasteiger partial charge in [0.25, 0.3) is 0 Å². The summed E-state index contributed by atoms with van der Waals surface area (Å²) in [7, 11) is 3.36. The Bertz CT molecular complexity index is 507. The molecule has 0 fully saturated rings. The van der Waals surface area contributed by atoms with E-state index in [1.807, 2.05) is 12.3 Å². The van der Waals surface area contributed by atoms with Crippen LogP contribution in [0.1, 0.15) is 22.5 Å². The second-order valence-corrected chi connectivity index (χ2v) is 4.77. The number of nitrogens with zero attached hydrogens (tertiary/aromatic N) is 3. The zero-order chi connectivity index (χ0) is 12.4. The number of methoxy groups -OCH3 is 1. The summed E-state index contributed by atoms with van der Waals surface area (Å²) < 4.78 is 6.80. The molecular formula is C11H15N3O2S. The molecule has 1 unspecified atom stereocenters. The second-order valence-electron chi connectivity index (χ2n) is 3.82. The van der Waals surface area contributed by atoms with Gasteiger partial charge in [-0.15, -0.1) is 11.3 Å². The molecule has 0 saturated carbocycles. The molecule has 5 nitrogen and oxygen atoms in total. The largest absolute Gasteiger partial charge is 0.493 e. The van der Waals surface area contributed by atoms with Crippen LogP contribution >= 0.6 is 11.3 Å². The molecule has 0 radical (unpaired) electrons. The van der Waals surface area contributed by atoms with Gasteiger partial charge in [0.05, 0.1) is 18.3 Å². The Hall–Kier alpha value is -1.40. The summed E-state index contributed by atoms with van der Waals surface area (Å²) in [6.45, 7) is 1.94. The molecule has 6 heteroatoms. The van der Waals surface area contributed by atoms with Crippen LogP contribution in [0, 0.1) is 6.92 Å². The molecule has 17 heavy (non-hydrogen) atoms. The van der Waals surface area contributed by atoms with Gasteiger partial charge in [-0.05, 0) is 6.92 Å². The minimum atomic E-state index is -0.650. The van der Waals surface area contributed by atoms with Crippen LogP contribution in [0.5, 0.6) is 5.75 Å². The fourth-order valence-electron chi connectivity index (χ4n) is 1.72. The molecule has 0 aliphatic carbocycles. The van der Waals surface area contributed by atoms with Crippen molar-refractivity contribution in [1.29, 1.82) is 0 Å². The number of aliphatic hydroxyl groups excluding tert-OH is 1. The standard InChI is InChI=1S/C11H15N3O2S/c1-7-6-17-10(13-7)4-8(15)11-9(16-3)5-12-14(11)2/h5-6,8,15H,4H2,1-3H3. The average Bonchev–Trinajstić information content (AvgIpc) is 2.84. The maximum Gasteiger partial charge on any atom is 0.162 e.